The van der Waals surface area contributed by atoms with E-state index in [-0.39, 0.29) is 12.0 Å². The van der Waals surface area contributed by atoms with Crippen LogP contribution in [0.3, 0.4) is 0 Å². The third-order valence-electron chi connectivity index (χ3n) is 3.54. The first-order valence-corrected chi connectivity index (χ1v) is 7.92. The summed E-state index contributed by atoms with van der Waals surface area (Å²) in [5, 5.41) is 3.14. The first kappa shape index (κ1) is 17.0. The Labute approximate surface area is 135 Å². The van der Waals surface area contributed by atoms with E-state index in [0.29, 0.717) is 44.3 Å². The summed E-state index contributed by atoms with van der Waals surface area (Å²) in [6, 6.07) is 1.66. The molecule has 1 fully saturated rings. The van der Waals surface area contributed by atoms with Crippen molar-refractivity contribution in [3.63, 3.8) is 0 Å². The summed E-state index contributed by atoms with van der Waals surface area (Å²) in [7, 11) is 0. The number of rotatable bonds is 5. The molecule has 2 rings (SSSR count). The van der Waals surface area contributed by atoms with E-state index in [9.17, 15) is 9.59 Å². The lowest BCUT2D eigenvalue weighted by Gasteiger charge is -2.33. The minimum Gasteiger partial charge on any atom is -0.450 e. The molecule has 1 aliphatic heterocycles. The van der Waals surface area contributed by atoms with E-state index in [4.69, 9.17) is 4.74 Å². The number of carbonyl (C=O) groups is 2. The van der Waals surface area contributed by atoms with Gasteiger partial charge in [0, 0.05) is 38.8 Å². The minimum atomic E-state index is -0.326. The van der Waals surface area contributed by atoms with Crippen molar-refractivity contribution in [3.8, 4) is 0 Å². The summed E-state index contributed by atoms with van der Waals surface area (Å²) in [5.74, 6) is 0.505. The van der Waals surface area contributed by atoms with Gasteiger partial charge < -0.3 is 19.9 Å². The third-order valence-corrected chi connectivity index (χ3v) is 3.54. The number of amides is 2. The lowest BCUT2D eigenvalue weighted by atomic mass is 10.2. The van der Waals surface area contributed by atoms with Crippen LogP contribution in [0, 0.1) is 0 Å². The van der Waals surface area contributed by atoms with Crippen LogP contribution in [0.2, 0.25) is 0 Å². The van der Waals surface area contributed by atoms with Crippen molar-refractivity contribution in [2.24, 2.45) is 0 Å². The smallest absolute Gasteiger partial charge is 0.409 e. The molecule has 8 nitrogen and oxygen atoms in total. The molecule has 2 amide bonds. The highest BCUT2D eigenvalue weighted by Gasteiger charge is 2.26. The number of aromatic nitrogens is 2. The Morgan fingerprint density at radius 2 is 1.87 bits per heavy atom. The number of nitrogens with zero attached hydrogens (tertiary/aromatic N) is 4. The van der Waals surface area contributed by atoms with Gasteiger partial charge in [0.15, 0.2) is 0 Å². The normalized spacial score (nSPS) is 14.5. The van der Waals surface area contributed by atoms with Crippen LogP contribution >= 0.6 is 0 Å². The number of carbonyl (C=O) groups excluding carboxylic acids is 2. The molecule has 1 saturated heterocycles. The van der Waals surface area contributed by atoms with Crippen LogP contribution in [0.1, 0.15) is 30.8 Å². The van der Waals surface area contributed by atoms with Crippen LogP contribution in [-0.4, -0.2) is 71.1 Å². The van der Waals surface area contributed by atoms with Crippen molar-refractivity contribution in [1.82, 2.24) is 19.8 Å². The van der Waals surface area contributed by atoms with Gasteiger partial charge in [-0.2, -0.15) is 0 Å². The Bertz CT molecular complexity index is 544. The first-order valence-electron chi connectivity index (χ1n) is 7.92. The highest BCUT2D eigenvalue weighted by molar-refractivity contribution is 5.93. The fourth-order valence-corrected chi connectivity index (χ4v) is 2.29. The predicted molar refractivity (Wildman–Crippen MR) is 85.3 cm³/mol. The average Bonchev–Trinajstić information content (AvgIpc) is 2.60. The lowest BCUT2D eigenvalue weighted by Crippen LogP contribution is -2.50. The summed E-state index contributed by atoms with van der Waals surface area (Å²) >= 11 is 0. The van der Waals surface area contributed by atoms with E-state index < -0.39 is 0 Å². The van der Waals surface area contributed by atoms with Crippen molar-refractivity contribution < 1.29 is 14.3 Å². The van der Waals surface area contributed by atoms with Gasteiger partial charge in [0.25, 0.3) is 5.91 Å². The van der Waals surface area contributed by atoms with Crippen molar-refractivity contribution in [2.75, 3.05) is 44.6 Å². The van der Waals surface area contributed by atoms with Gasteiger partial charge in [0.1, 0.15) is 17.8 Å². The molecule has 23 heavy (non-hydrogen) atoms. The van der Waals surface area contributed by atoms with Crippen LogP contribution in [0.5, 0.6) is 0 Å². The summed E-state index contributed by atoms with van der Waals surface area (Å²) in [6.45, 7) is 6.86. The van der Waals surface area contributed by atoms with E-state index in [1.807, 2.05) is 0 Å². The Hall–Kier alpha value is -2.38. The molecule has 1 N–H and O–H groups in total. The molecular weight excluding hydrogens is 298 g/mol. The number of piperazine rings is 1. The van der Waals surface area contributed by atoms with Crippen LogP contribution in [0.4, 0.5) is 10.6 Å². The second-order valence-electron chi connectivity index (χ2n) is 5.19. The Morgan fingerprint density at radius 3 is 2.52 bits per heavy atom. The SMILES string of the molecule is CCCNc1cc(C(=O)N2CCN(C(=O)OCC)CC2)ncn1. The maximum Gasteiger partial charge on any atom is 0.409 e. The molecule has 0 spiro atoms. The maximum absolute atomic E-state index is 12.5. The molecule has 1 aromatic heterocycles. The van der Waals surface area contributed by atoms with Gasteiger partial charge >= 0.3 is 6.09 Å². The molecular formula is C15H23N5O3. The van der Waals surface area contributed by atoms with Crippen molar-refractivity contribution in [1.29, 1.82) is 0 Å². The number of ether oxygens (including phenoxy) is 1. The first-order chi connectivity index (χ1) is 11.2. The van der Waals surface area contributed by atoms with E-state index in [2.05, 4.69) is 22.2 Å². The van der Waals surface area contributed by atoms with Gasteiger partial charge in [-0.25, -0.2) is 14.8 Å². The van der Waals surface area contributed by atoms with Crippen molar-refractivity contribution in [2.45, 2.75) is 20.3 Å². The molecule has 1 aromatic rings. The van der Waals surface area contributed by atoms with Crippen molar-refractivity contribution >= 4 is 17.8 Å². The second kappa shape index (κ2) is 8.30. The Balaban J connectivity index is 1.93. The molecule has 0 bridgehead atoms. The Kier molecular flexibility index (Phi) is 6.13. The van der Waals surface area contributed by atoms with Gasteiger partial charge in [-0.05, 0) is 13.3 Å². The van der Waals surface area contributed by atoms with Crippen LogP contribution in [0.25, 0.3) is 0 Å². The van der Waals surface area contributed by atoms with Gasteiger partial charge in [0.05, 0.1) is 6.61 Å². The average molecular weight is 321 g/mol. The summed E-state index contributed by atoms with van der Waals surface area (Å²) in [6.07, 6.45) is 2.04. The zero-order valence-electron chi connectivity index (χ0n) is 13.6. The molecule has 1 aliphatic rings. The number of anilines is 1. The van der Waals surface area contributed by atoms with E-state index in [1.54, 1.807) is 22.8 Å². The standard InChI is InChI=1S/C15H23N5O3/c1-3-5-16-13-10-12(17-11-18-13)14(21)19-6-8-20(9-7-19)15(22)23-4-2/h10-11H,3-9H2,1-2H3,(H,16,17,18). The fraction of sp³-hybridized carbons (Fsp3) is 0.600. The van der Waals surface area contributed by atoms with E-state index in [1.165, 1.54) is 6.33 Å². The molecule has 2 heterocycles. The largest absolute Gasteiger partial charge is 0.450 e. The van der Waals surface area contributed by atoms with Crippen LogP contribution in [-0.2, 0) is 4.74 Å². The topological polar surface area (TPSA) is 87.7 Å². The Morgan fingerprint density at radius 1 is 1.17 bits per heavy atom. The number of hydrogen-bond acceptors (Lipinski definition) is 6. The molecule has 0 saturated carbocycles. The van der Waals surface area contributed by atoms with Crippen LogP contribution < -0.4 is 5.32 Å². The fourth-order valence-electron chi connectivity index (χ4n) is 2.29. The van der Waals surface area contributed by atoms with Crippen LogP contribution in [0.15, 0.2) is 12.4 Å². The van der Waals surface area contributed by atoms with E-state index >= 15 is 0 Å². The predicted octanol–water partition coefficient (Wildman–Crippen LogP) is 1.21. The quantitative estimate of drug-likeness (QED) is 0.877. The molecule has 0 unspecified atom stereocenters. The summed E-state index contributed by atoms with van der Waals surface area (Å²) < 4.78 is 4.97. The highest BCUT2D eigenvalue weighted by atomic mass is 16.6. The number of nitrogens with one attached hydrogen (secondary N) is 1. The molecule has 0 atom stereocenters. The molecule has 126 valence electrons. The van der Waals surface area contributed by atoms with E-state index in [0.717, 1.165) is 13.0 Å². The molecule has 0 aliphatic carbocycles. The van der Waals surface area contributed by atoms with Gasteiger partial charge in [-0.3, -0.25) is 4.79 Å². The third kappa shape index (κ3) is 4.54. The van der Waals surface area contributed by atoms with Crippen molar-refractivity contribution in [3.05, 3.63) is 18.1 Å². The summed E-state index contributed by atoms with van der Waals surface area (Å²) in [5.41, 5.74) is 0.364. The minimum absolute atomic E-state index is 0.143. The summed E-state index contributed by atoms with van der Waals surface area (Å²) in [4.78, 5) is 35.6. The van der Waals surface area contributed by atoms with Gasteiger partial charge in [-0.15, -0.1) is 0 Å². The highest BCUT2D eigenvalue weighted by Crippen LogP contribution is 2.10. The monoisotopic (exact) mass is 321 g/mol. The second-order valence-corrected chi connectivity index (χ2v) is 5.19. The zero-order chi connectivity index (χ0) is 16.7. The van der Waals surface area contributed by atoms with Gasteiger partial charge in [0.2, 0.25) is 0 Å². The zero-order valence-corrected chi connectivity index (χ0v) is 13.6. The number of hydrogen-bond donors (Lipinski definition) is 1. The van der Waals surface area contributed by atoms with Gasteiger partial charge in [-0.1, -0.05) is 6.92 Å². The molecule has 0 aromatic carbocycles. The lowest BCUT2D eigenvalue weighted by molar-refractivity contribution is 0.0566. The molecule has 8 heteroatoms. The maximum atomic E-state index is 12.5. The molecule has 0 radical (unpaired) electrons.